The molecule has 1 aliphatic heterocycles. The van der Waals surface area contributed by atoms with Crippen molar-refractivity contribution < 1.29 is 14.6 Å². The van der Waals surface area contributed by atoms with Crippen LogP contribution in [0.3, 0.4) is 0 Å². The van der Waals surface area contributed by atoms with Crippen LogP contribution in [0.2, 0.25) is 0 Å². The number of hydrogen-bond acceptors (Lipinski definition) is 4. The van der Waals surface area contributed by atoms with Gasteiger partial charge < -0.3 is 19.3 Å². The molecule has 1 aromatic heterocycles. The second-order valence-corrected chi connectivity index (χ2v) is 7.07. The van der Waals surface area contributed by atoms with Crippen molar-refractivity contribution >= 4 is 5.91 Å². The molecular weight excluding hydrogens is 330 g/mol. The van der Waals surface area contributed by atoms with Gasteiger partial charge in [0.05, 0.1) is 26.1 Å². The van der Waals surface area contributed by atoms with Crippen molar-refractivity contribution in [3.63, 3.8) is 0 Å². The Balaban J connectivity index is 1.58. The van der Waals surface area contributed by atoms with Crippen molar-refractivity contribution in [2.75, 3.05) is 26.3 Å². The van der Waals surface area contributed by atoms with E-state index in [-0.39, 0.29) is 12.5 Å². The third kappa shape index (κ3) is 4.71. The Hall–Kier alpha value is -2.18. The van der Waals surface area contributed by atoms with Gasteiger partial charge in [-0.15, -0.1) is 0 Å². The van der Waals surface area contributed by atoms with Crippen LogP contribution >= 0.6 is 0 Å². The first kappa shape index (κ1) is 18.6. The summed E-state index contributed by atoms with van der Waals surface area (Å²) in [6, 6.07) is 8.21. The Bertz CT molecular complexity index is 717. The largest absolute Gasteiger partial charge is 0.393 e. The van der Waals surface area contributed by atoms with Crippen LogP contribution in [0.15, 0.2) is 43.0 Å². The Morgan fingerprint density at radius 3 is 3.04 bits per heavy atom. The maximum absolute atomic E-state index is 12.6. The second-order valence-electron chi connectivity index (χ2n) is 7.07. The van der Waals surface area contributed by atoms with Gasteiger partial charge >= 0.3 is 0 Å². The molecule has 1 aromatic carbocycles. The van der Waals surface area contributed by atoms with E-state index in [1.54, 1.807) is 12.5 Å². The van der Waals surface area contributed by atoms with Gasteiger partial charge in [0.1, 0.15) is 5.60 Å². The van der Waals surface area contributed by atoms with Crippen LogP contribution in [0.25, 0.3) is 0 Å². The lowest BCUT2D eigenvalue weighted by molar-refractivity contribution is -0.158. The molecule has 1 amide bonds. The highest BCUT2D eigenvalue weighted by molar-refractivity contribution is 5.76. The number of ether oxygens (including phenoxy) is 1. The number of benzene rings is 1. The summed E-state index contributed by atoms with van der Waals surface area (Å²) in [7, 11) is 0. The average Bonchev–Trinajstić information content (AvgIpc) is 3.15. The first-order chi connectivity index (χ1) is 12.6. The van der Waals surface area contributed by atoms with Crippen molar-refractivity contribution in [1.82, 2.24) is 14.5 Å². The van der Waals surface area contributed by atoms with E-state index in [4.69, 9.17) is 4.74 Å². The smallest absolute Gasteiger partial charge is 0.222 e. The minimum atomic E-state index is -0.716. The van der Waals surface area contributed by atoms with Crippen molar-refractivity contribution in [3.8, 4) is 0 Å². The predicted molar refractivity (Wildman–Crippen MR) is 98.7 cm³/mol. The van der Waals surface area contributed by atoms with E-state index in [2.05, 4.69) is 11.1 Å². The number of hydrogen-bond donors (Lipinski definition) is 1. The van der Waals surface area contributed by atoms with Gasteiger partial charge in [0.2, 0.25) is 5.91 Å². The summed E-state index contributed by atoms with van der Waals surface area (Å²) < 4.78 is 7.92. The number of aliphatic hydroxyl groups is 1. The number of imidazole rings is 1. The zero-order valence-corrected chi connectivity index (χ0v) is 15.3. The lowest BCUT2D eigenvalue weighted by atomic mass is 9.92. The van der Waals surface area contributed by atoms with Gasteiger partial charge in [0.25, 0.3) is 0 Å². The molecule has 26 heavy (non-hydrogen) atoms. The summed E-state index contributed by atoms with van der Waals surface area (Å²) in [5.74, 6) is 0.121. The SMILES string of the molecule is Cc1cccc(CC2(CO)CN(C(=O)CCCn3ccnc3)CCO2)c1. The number of morpholine rings is 1. The fraction of sp³-hybridized carbons (Fsp3) is 0.500. The lowest BCUT2D eigenvalue weighted by Crippen LogP contribution is -2.56. The van der Waals surface area contributed by atoms with Crippen LogP contribution in [-0.2, 0) is 22.5 Å². The molecule has 0 radical (unpaired) electrons. The Morgan fingerprint density at radius 2 is 2.31 bits per heavy atom. The molecule has 3 rings (SSSR count). The Morgan fingerprint density at radius 1 is 1.42 bits per heavy atom. The van der Waals surface area contributed by atoms with E-state index < -0.39 is 5.60 Å². The van der Waals surface area contributed by atoms with Gasteiger partial charge in [-0.25, -0.2) is 4.98 Å². The monoisotopic (exact) mass is 357 g/mol. The molecule has 0 saturated carbocycles. The van der Waals surface area contributed by atoms with Gasteiger partial charge in [-0.1, -0.05) is 29.8 Å². The average molecular weight is 357 g/mol. The van der Waals surface area contributed by atoms with Crippen LogP contribution in [0.5, 0.6) is 0 Å². The molecule has 2 heterocycles. The zero-order valence-electron chi connectivity index (χ0n) is 15.3. The number of rotatable bonds is 7. The molecule has 1 aliphatic rings. The van der Waals surface area contributed by atoms with E-state index in [9.17, 15) is 9.90 Å². The van der Waals surface area contributed by atoms with Gasteiger partial charge in [-0.3, -0.25) is 4.79 Å². The summed E-state index contributed by atoms with van der Waals surface area (Å²) >= 11 is 0. The number of aliphatic hydroxyl groups excluding tert-OH is 1. The van der Waals surface area contributed by atoms with Crippen LogP contribution in [0, 0.1) is 6.92 Å². The number of aromatic nitrogens is 2. The summed E-state index contributed by atoms with van der Waals surface area (Å²) in [6.45, 7) is 4.21. The zero-order chi connectivity index (χ0) is 18.4. The van der Waals surface area contributed by atoms with E-state index in [0.29, 0.717) is 32.5 Å². The molecule has 1 unspecified atom stereocenters. The molecule has 1 saturated heterocycles. The molecule has 6 nitrogen and oxygen atoms in total. The van der Waals surface area contributed by atoms with Crippen molar-refractivity contribution in [1.29, 1.82) is 0 Å². The van der Waals surface area contributed by atoms with Crippen LogP contribution in [-0.4, -0.2) is 57.4 Å². The molecule has 0 aliphatic carbocycles. The highest BCUT2D eigenvalue weighted by Crippen LogP contribution is 2.24. The van der Waals surface area contributed by atoms with Gasteiger partial charge in [0.15, 0.2) is 0 Å². The molecule has 140 valence electrons. The van der Waals surface area contributed by atoms with E-state index in [1.807, 2.05) is 40.8 Å². The maximum Gasteiger partial charge on any atom is 0.222 e. The quantitative estimate of drug-likeness (QED) is 0.821. The second kappa shape index (κ2) is 8.47. The van der Waals surface area contributed by atoms with Gasteiger partial charge in [-0.2, -0.15) is 0 Å². The Kier molecular flexibility index (Phi) is 6.06. The highest BCUT2D eigenvalue weighted by Gasteiger charge is 2.38. The van der Waals surface area contributed by atoms with Gasteiger partial charge in [0, 0.05) is 38.3 Å². The molecule has 1 fully saturated rings. The fourth-order valence-corrected chi connectivity index (χ4v) is 3.50. The van der Waals surface area contributed by atoms with Crippen LogP contribution in [0.4, 0.5) is 0 Å². The van der Waals surface area contributed by atoms with Crippen molar-refractivity contribution in [2.24, 2.45) is 0 Å². The van der Waals surface area contributed by atoms with Crippen molar-refractivity contribution in [3.05, 3.63) is 54.1 Å². The van der Waals surface area contributed by atoms with E-state index in [0.717, 1.165) is 18.5 Å². The third-order valence-electron chi connectivity index (χ3n) is 4.86. The normalized spacial score (nSPS) is 20.3. The molecule has 6 heteroatoms. The fourth-order valence-electron chi connectivity index (χ4n) is 3.50. The number of nitrogens with zero attached hydrogens (tertiary/aromatic N) is 3. The van der Waals surface area contributed by atoms with E-state index in [1.165, 1.54) is 5.56 Å². The first-order valence-corrected chi connectivity index (χ1v) is 9.14. The molecule has 1 atom stereocenters. The summed E-state index contributed by atoms with van der Waals surface area (Å²) in [5, 5.41) is 10.00. The molecule has 1 N–H and O–H groups in total. The number of aryl methyl sites for hydroxylation is 2. The molecular formula is C20H27N3O3. The number of carbonyl (C=O) groups excluding carboxylic acids is 1. The van der Waals surface area contributed by atoms with Crippen LogP contribution in [0.1, 0.15) is 24.0 Å². The number of carbonyl (C=O) groups is 1. The predicted octanol–water partition coefficient (Wildman–Crippen LogP) is 1.80. The number of amides is 1. The minimum Gasteiger partial charge on any atom is -0.393 e. The summed E-state index contributed by atoms with van der Waals surface area (Å²) in [6.07, 6.45) is 7.27. The molecule has 2 aromatic rings. The summed E-state index contributed by atoms with van der Waals surface area (Å²) in [5.41, 5.74) is 1.58. The maximum atomic E-state index is 12.6. The Labute approximate surface area is 154 Å². The van der Waals surface area contributed by atoms with Gasteiger partial charge in [-0.05, 0) is 18.9 Å². The molecule has 0 spiro atoms. The standard InChI is InChI=1S/C20H27N3O3/c1-17-4-2-5-18(12-17)13-20(15-24)14-23(10-11-26-20)19(25)6-3-8-22-9-7-21-16-22/h2,4-5,7,9,12,16,24H,3,6,8,10-11,13-15H2,1H3. The highest BCUT2D eigenvalue weighted by atomic mass is 16.5. The van der Waals surface area contributed by atoms with Crippen molar-refractivity contribution in [2.45, 2.75) is 38.3 Å². The van der Waals surface area contributed by atoms with Crippen LogP contribution < -0.4 is 0 Å². The first-order valence-electron chi connectivity index (χ1n) is 9.14. The topological polar surface area (TPSA) is 67.6 Å². The third-order valence-corrected chi connectivity index (χ3v) is 4.86. The summed E-state index contributed by atoms with van der Waals surface area (Å²) in [4.78, 5) is 18.4. The lowest BCUT2D eigenvalue weighted by Gasteiger charge is -2.42. The minimum absolute atomic E-state index is 0.0975. The van der Waals surface area contributed by atoms with E-state index >= 15 is 0 Å². The molecule has 0 bridgehead atoms.